The van der Waals surface area contributed by atoms with Gasteiger partial charge in [-0.15, -0.1) is 0 Å². The summed E-state index contributed by atoms with van der Waals surface area (Å²) in [6.07, 6.45) is -5.04. The molecule has 4 nitrogen and oxygen atoms in total. The average molecular weight is 282 g/mol. The normalized spacial score (nSPS) is 10.9. The second-order valence-corrected chi connectivity index (χ2v) is 3.55. The zero-order valence-corrected chi connectivity index (χ0v) is 9.72. The quantitative estimate of drug-likeness (QED) is 0.848. The van der Waals surface area contributed by atoms with Gasteiger partial charge in [-0.25, -0.2) is 4.79 Å². The largest absolute Gasteiger partial charge is 0.471 e. The first-order valence-corrected chi connectivity index (χ1v) is 4.89. The molecule has 0 aromatic heterocycles. The molecule has 1 N–H and O–H groups in total. The molecule has 1 aromatic carbocycles. The van der Waals surface area contributed by atoms with Gasteiger partial charge in [0.15, 0.2) is 0 Å². The van der Waals surface area contributed by atoms with Crippen LogP contribution in [0.5, 0.6) is 0 Å². The SMILES string of the molecule is COC(=O)c1ccc(Cl)c(NC(=O)C(F)(F)F)c1. The zero-order chi connectivity index (χ0) is 13.9. The number of anilines is 1. The number of ether oxygens (including phenoxy) is 1. The lowest BCUT2D eigenvalue weighted by Crippen LogP contribution is -2.30. The minimum Gasteiger partial charge on any atom is -0.465 e. The summed E-state index contributed by atoms with van der Waals surface area (Å²) in [6, 6.07) is 3.44. The van der Waals surface area contributed by atoms with E-state index < -0.39 is 18.1 Å². The predicted octanol–water partition coefficient (Wildman–Crippen LogP) is 2.63. The minimum absolute atomic E-state index is 0.0284. The molecule has 0 heterocycles. The molecule has 1 amide bonds. The number of alkyl halides is 3. The highest BCUT2D eigenvalue weighted by Gasteiger charge is 2.39. The fraction of sp³-hybridized carbons (Fsp3) is 0.200. The lowest BCUT2D eigenvalue weighted by Gasteiger charge is -2.10. The van der Waals surface area contributed by atoms with Gasteiger partial charge in [0, 0.05) is 0 Å². The van der Waals surface area contributed by atoms with Crippen molar-refractivity contribution >= 4 is 29.2 Å². The molecule has 0 fully saturated rings. The van der Waals surface area contributed by atoms with Crippen molar-refractivity contribution < 1.29 is 27.5 Å². The second kappa shape index (κ2) is 5.26. The Kier molecular flexibility index (Phi) is 4.18. The summed E-state index contributed by atoms with van der Waals surface area (Å²) in [6.45, 7) is 0. The smallest absolute Gasteiger partial charge is 0.465 e. The van der Waals surface area contributed by atoms with Crippen molar-refractivity contribution in [2.75, 3.05) is 12.4 Å². The summed E-state index contributed by atoms with van der Waals surface area (Å²) in [5, 5.41) is 1.44. The molecule has 0 aliphatic heterocycles. The van der Waals surface area contributed by atoms with Crippen LogP contribution in [0.15, 0.2) is 18.2 Å². The van der Waals surface area contributed by atoms with E-state index >= 15 is 0 Å². The predicted molar refractivity (Wildman–Crippen MR) is 57.5 cm³/mol. The Morgan fingerprint density at radius 2 is 1.94 bits per heavy atom. The topological polar surface area (TPSA) is 55.4 Å². The van der Waals surface area contributed by atoms with Crippen LogP contribution in [-0.4, -0.2) is 25.2 Å². The molecule has 0 spiro atoms. The van der Waals surface area contributed by atoms with Crippen LogP contribution in [0.2, 0.25) is 5.02 Å². The molecule has 18 heavy (non-hydrogen) atoms. The Hall–Kier alpha value is -1.76. The molecule has 0 atom stereocenters. The number of carbonyl (C=O) groups excluding carboxylic acids is 2. The fourth-order valence-electron chi connectivity index (χ4n) is 1.06. The monoisotopic (exact) mass is 281 g/mol. The minimum atomic E-state index is -5.04. The van der Waals surface area contributed by atoms with Crippen LogP contribution in [0.1, 0.15) is 10.4 Å². The Balaban J connectivity index is 3.02. The number of esters is 1. The highest BCUT2D eigenvalue weighted by molar-refractivity contribution is 6.34. The van der Waals surface area contributed by atoms with Gasteiger partial charge in [-0.3, -0.25) is 4.79 Å². The van der Waals surface area contributed by atoms with E-state index in [0.29, 0.717) is 0 Å². The molecule has 0 unspecified atom stereocenters. The number of hydrogen-bond acceptors (Lipinski definition) is 3. The van der Waals surface area contributed by atoms with Crippen LogP contribution in [0, 0.1) is 0 Å². The van der Waals surface area contributed by atoms with Crippen LogP contribution < -0.4 is 5.32 Å². The third-order valence-corrected chi connectivity index (χ3v) is 2.22. The average Bonchev–Trinajstić information content (AvgIpc) is 2.29. The van der Waals surface area contributed by atoms with E-state index in [0.717, 1.165) is 13.2 Å². The first kappa shape index (κ1) is 14.3. The molecular weight excluding hydrogens is 275 g/mol. The van der Waals surface area contributed by atoms with Crippen LogP contribution in [0.25, 0.3) is 0 Å². The summed E-state index contributed by atoms with van der Waals surface area (Å²) < 4.78 is 40.5. The van der Waals surface area contributed by atoms with Crippen molar-refractivity contribution in [1.82, 2.24) is 0 Å². The molecular formula is C10H7ClF3NO3. The van der Waals surface area contributed by atoms with E-state index in [4.69, 9.17) is 11.6 Å². The number of rotatable bonds is 2. The summed E-state index contributed by atoms with van der Waals surface area (Å²) in [5.41, 5.74) is -0.346. The van der Waals surface area contributed by atoms with Crippen molar-refractivity contribution in [2.45, 2.75) is 6.18 Å². The van der Waals surface area contributed by atoms with Crippen molar-refractivity contribution in [3.05, 3.63) is 28.8 Å². The molecule has 0 saturated heterocycles. The number of halogens is 4. The number of carbonyl (C=O) groups is 2. The maximum absolute atomic E-state index is 12.0. The van der Waals surface area contributed by atoms with Crippen LogP contribution >= 0.6 is 11.6 Å². The van der Waals surface area contributed by atoms with Crippen LogP contribution in [0.3, 0.4) is 0 Å². The Morgan fingerprint density at radius 1 is 1.33 bits per heavy atom. The van der Waals surface area contributed by atoms with Crippen LogP contribution in [0.4, 0.5) is 18.9 Å². The van der Waals surface area contributed by atoms with Gasteiger partial charge in [0.25, 0.3) is 0 Å². The zero-order valence-electron chi connectivity index (χ0n) is 8.97. The third-order valence-electron chi connectivity index (χ3n) is 1.89. The molecule has 8 heteroatoms. The van der Waals surface area contributed by atoms with E-state index in [1.165, 1.54) is 12.1 Å². The second-order valence-electron chi connectivity index (χ2n) is 3.14. The highest BCUT2D eigenvalue weighted by atomic mass is 35.5. The molecule has 0 aliphatic rings. The van der Waals surface area contributed by atoms with E-state index in [-0.39, 0.29) is 16.3 Å². The molecule has 1 aromatic rings. The van der Waals surface area contributed by atoms with Gasteiger partial charge in [0.2, 0.25) is 0 Å². The number of benzene rings is 1. The van der Waals surface area contributed by atoms with Gasteiger partial charge in [-0.05, 0) is 18.2 Å². The Bertz CT molecular complexity index is 488. The molecule has 0 saturated carbocycles. The first-order valence-electron chi connectivity index (χ1n) is 4.51. The van der Waals surface area contributed by atoms with Crippen molar-refractivity contribution in [2.24, 2.45) is 0 Å². The summed E-state index contributed by atoms with van der Waals surface area (Å²) in [5.74, 6) is -2.93. The maximum Gasteiger partial charge on any atom is 0.471 e. The van der Waals surface area contributed by atoms with E-state index in [2.05, 4.69) is 4.74 Å². The van der Waals surface area contributed by atoms with Gasteiger partial charge >= 0.3 is 18.1 Å². The lowest BCUT2D eigenvalue weighted by atomic mass is 10.2. The number of nitrogens with one attached hydrogen (secondary N) is 1. The molecule has 1 rings (SSSR count). The summed E-state index contributed by atoms with van der Waals surface area (Å²) in [4.78, 5) is 21.9. The molecule has 0 bridgehead atoms. The number of amides is 1. The number of methoxy groups -OCH3 is 1. The van der Waals surface area contributed by atoms with Gasteiger partial charge in [-0.1, -0.05) is 11.6 Å². The fourth-order valence-corrected chi connectivity index (χ4v) is 1.22. The van der Waals surface area contributed by atoms with E-state index in [9.17, 15) is 22.8 Å². The Labute approximate surface area is 105 Å². The lowest BCUT2D eigenvalue weighted by molar-refractivity contribution is -0.167. The third kappa shape index (κ3) is 3.36. The summed E-state index contributed by atoms with van der Waals surface area (Å²) in [7, 11) is 1.12. The Morgan fingerprint density at radius 3 is 2.44 bits per heavy atom. The highest BCUT2D eigenvalue weighted by Crippen LogP contribution is 2.26. The van der Waals surface area contributed by atoms with Gasteiger partial charge < -0.3 is 10.1 Å². The molecule has 98 valence electrons. The molecule has 0 aliphatic carbocycles. The summed E-state index contributed by atoms with van der Waals surface area (Å²) >= 11 is 5.60. The first-order chi connectivity index (χ1) is 8.25. The van der Waals surface area contributed by atoms with Crippen LogP contribution in [-0.2, 0) is 9.53 Å². The number of hydrogen-bond donors (Lipinski definition) is 1. The van der Waals surface area contributed by atoms with Gasteiger partial charge in [-0.2, -0.15) is 13.2 Å². The van der Waals surface area contributed by atoms with Crippen molar-refractivity contribution in [1.29, 1.82) is 0 Å². The van der Waals surface area contributed by atoms with Crippen molar-refractivity contribution in [3.63, 3.8) is 0 Å². The maximum atomic E-state index is 12.0. The van der Waals surface area contributed by atoms with E-state index in [1.54, 1.807) is 5.32 Å². The molecule has 0 radical (unpaired) electrons. The van der Waals surface area contributed by atoms with Gasteiger partial charge in [0.05, 0.1) is 23.4 Å². The van der Waals surface area contributed by atoms with E-state index in [1.807, 2.05) is 0 Å². The van der Waals surface area contributed by atoms with Crippen molar-refractivity contribution in [3.8, 4) is 0 Å². The van der Waals surface area contributed by atoms with Gasteiger partial charge in [0.1, 0.15) is 0 Å². The standard InChI is InChI=1S/C10H7ClF3NO3/c1-18-8(16)5-2-3-6(11)7(4-5)15-9(17)10(12,13)14/h2-4H,1H3,(H,15,17).